The molecule has 4 N–H and O–H groups in total. The molecule has 0 spiro atoms. The lowest BCUT2D eigenvalue weighted by molar-refractivity contribution is -0.127. The fourth-order valence-electron chi connectivity index (χ4n) is 4.47. The Kier molecular flexibility index (Phi) is 8.67. The van der Waals surface area contributed by atoms with Crippen LogP contribution >= 0.6 is 0 Å². The first kappa shape index (κ1) is 26.0. The summed E-state index contributed by atoms with van der Waals surface area (Å²) >= 11 is 0. The summed E-state index contributed by atoms with van der Waals surface area (Å²) in [5, 5.41) is 17.4. The second-order valence-corrected chi connectivity index (χ2v) is 9.27. The van der Waals surface area contributed by atoms with Crippen molar-refractivity contribution in [2.24, 2.45) is 11.8 Å². The van der Waals surface area contributed by atoms with E-state index in [1.807, 2.05) is 13.8 Å². The van der Waals surface area contributed by atoms with Gasteiger partial charge in [0.2, 0.25) is 11.8 Å². The van der Waals surface area contributed by atoms with Gasteiger partial charge in [-0.05, 0) is 31.2 Å². The Bertz CT molecular complexity index is 967. The van der Waals surface area contributed by atoms with Crippen LogP contribution in [-0.4, -0.2) is 60.6 Å². The Labute approximate surface area is 203 Å². The van der Waals surface area contributed by atoms with E-state index in [0.717, 1.165) is 0 Å². The molecular weight excluding hydrogens is 456 g/mol. The third-order valence-corrected chi connectivity index (χ3v) is 6.18. The minimum Gasteiger partial charge on any atom is -0.465 e. The van der Waals surface area contributed by atoms with Gasteiger partial charge in [0, 0.05) is 31.0 Å². The lowest BCUT2D eigenvalue weighted by Gasteiger charge is -2.32. The van der Waals surface area contributed by atoms with Gasteiger partial charge in [-0.1, -0.05) is 32.0 Å². The highest BCUT2D eigenvalue weighted by atomic mass is 16.6. The molecule has 0 aromatic heterocycles. The van der Waals surface area contributed by atoms with Crippen LogP contribution in [0, 0.1) is 11.8 Å². The van der Waals surface area contributed by atoms with Gasteiger partial charge in [-0.15, -0.1) is 0 Å². The fourth-order valence-corrected chi connectivity index (χ4v) is 4.47. The molecule has 190 valence electrons. The summed E-state index contributed by atoms with van der Waals surface area (Å²) in [6, 6.07) is 4.99. The molecule has 0 radical (unpaired) electrons. The number of rotatable bonds is 9. The maximum Gasteiger partial charge on any atom is 0.411 e. The standard InChI is InChI=1S/C24H32N4O7/c1-14(2)11-18(22(31)26-16(13-29)12-15-7-9-25-21(15)30)27-23(32)35-20-8-10-28(24(33)34)19-6-4-3-5-17(19)20/h3-6,13-16,18,20H,7-12H2,1-2H3,(H,25,30)(H,26,31)(H,27,32)(H,33,34)/t15-,16?,18?,20?/m0/s1. The lowest BCUT2D eigenvalue weighted by Crippen LogP contribution is -2.51. The average Bonchev–Trinajstić information content (AvgIpc) is 3.21. The molecule has 35 heavy (non-hydrogen) atoms. The topological polar surface area (TPSA) is 154 Å². The number of nitrogens with zero attached hydrogens (tertiary/aromatic N) is 1. The summed E-state index contributed by atoms with van der Waals surface area (Å²) in [5.41, 5.74) is 1.02. The van der Waals surface area contributed by atoms with Gasteiger partial charge in [-0.2, -0.15) is 0 Å². The number of benzene rings is 1. The Balaban J connectivity index is 1.64. The third kappa shape index (κ3) is 6.71. The number of para-hydroxylation sites is 1. The quantitative estimate of drug-likeness (QED) is 0.388. The van der Waals surface area contributed by atoms with Crippen LogP contribution in [0.1, 0.15) is 51.2 Å². The lowest BCUT2D eigenvalue weighted by atomic mass is 9.98. The van der Waals surface area contributed by atoms with Crippen LogP contribution in [0.25, 0.3) is 0 Å². The smallest absolute Gasteiger partial charge is 0.411 e. The van der Waals surface area contributed by atoms with Crippen LogP contribution in [0.3, 0.4) is 0 Å². The van der Waals surface area contributed by atoms with Crippen molar-refractivity contribution in [3.8, 4) is 0 Å². The molecule has 4 atom stereocenters. The summed E-state index contributed by atoms with van der Waals surface area (Å²) in [7, 11) is 0. The first-order chi connectivity index (χ1) is 16.7. The number of hydrogen-bond acceptors (Lipinski definition) is 6. The molecule has 0 aliphatic carbocycles. The number of amides is 4. The van der Waals surface area contributed by atoms with Crippen molar-refractivity contribution >= 4 is 36.0 Å². The maximum atomic E-state index is 12.9. The number of carbonyl (C=O) groups is 5. The molecule has 1 aromatic rings. The molecule has 0 bridgehead atoms. The van der Waals surface area contributed by atoms with Crippen LogP contribution in [-0.2, 0) is 19.1 Å². The molecule has 1 aromatic carbocycles. The van der Waals surface area contributed by atoms with E-state index in [-0.39, 0.29) is 37.1 Å². The van der Waals surface area contributed by atoms with Gasteiger partial charge in [0.1, 0.15) is 18.4 Å². The van der Waals surface area contributed by atoms with Crippen molar-refractivity contribution in [2.45, 2.75) is 57.7 Å². The monoisotopic (exact) mass is 488 g/mol. The van der Waals surface area contributed by atoms with Crippen molar-refractivity contribution in [2.75, 3.05) is 18.0 Å². The second-order valence-electron chi connectivity index (χ2n) is 9.27. The van der Waals surface area contributed by atoms with E-state index in [4.69, 9.17) is 4.74 Å². The Hall–Kier alpha value is -3.63. The van der Waals surface area contributed by atoms with Gasteiger partial charge in [-0.3, -0.25) is 14.5 Å². The number of aldehydes is 1. The van der Waals surface area contributed by atoms with Gasteiger partial charge in [-0.25, -0.2) is 9.59 Å². The van der Waals surface area contributed by atoms with Gasteiger partial charge >= 0.3 is 12.2 Å². The number of carboxylic acid groups (broad SMARTS) is 1. The summed E-state index contributed by atoms with van der Waals surface area (Å²) in [6.45, 7) is 4.49. The molecule has 1 saturated heterocycles. The number of anilines is 1. The summed E-state index contributed by atoms with van der Waals surface area (Å²) in [5.74, 6) is -0.961. The van der Waals surface area contributed by atoms with E-state index < -0.39 is 36.3 Å². The molecular formula is C24H32N4O7. The van der Waals surface area contributed by atoms with E-state index >= 15 is 0 Å². The number of hydrogen-bond donors (Lipinski definition) is 4. The van der Waals surface area contributed by atoms with Gasteiger partial charge in [0.05, 0.1) is 11.7 Å². The van der Waals surface area contributed by atoms with Crippen LogP contribution in [0.5, 0.6) is 0 Å². The zero-order valence-corrected chi connectivity index (χ0v) is 19.9. The van der Waals surface area contributed by atoms with Crippen molar-refractivity contribution in [1.82, 2.24) is 16.0 Å². The first-order valence-electron chi connectivity index (χ1n) is 11.8. The van der Waals surface area contributed by atoms with Crippen LogP contribution in [0.2, 0.25) is 0 Å². The zero-order valence-electron chi connectivity index (χ0n) is 19.9. The highest BCUT2D eigenvalue weighted by Crippen LogP contribution is 2.36. The third-order valence-electron chi connectivity index (χ3n) is 6.18. The van der Waals surface area contributed by atoms with E-state index in [0.29, 0.717) is 36.9 Å². The second kappa shape index (κ2) is 11.7. The van der Waals surface area contributed by atoms with E-state index in [1.54, 1.807) is 24.3 Å². The minimum absolute atomic E-state index is 0.0564. The molecule has 2 heterocycles. The molecule has 3 rings (SSSR count). The van der Waals surface area contributed by atoms with Crippen molar-refractivity contribution in [1.29, 1.82) is 0 Å². The van der Waals surface area contributed by atoms with E-state index in [2.05, 4.69) is 16.0 Å². The minimum atomic E-state index is -1.09. The molecule has 1 fully saturated rings. The normalized spacial score (nSPS) is 20.9. The number of nitrogens with one attached hydrogen (secondary N) is 3. The molecule has 11 nitrogen and oxygen atoms in total. The molecule has 4 amide bonds. The zero-order chi connectivity index (χ0) is 25.5. The molecule has 11 heteroatoms. The molecule has 0 saturated carbocycles. The average molecular weight is 489 g/mol. The molecule has 3 unspecified atom stereocenters. The van der Waals surface area contributed by atoms with Gasteiger partial charge < -0.3 is 30.6 Å². The number of fused-ring (bicyclic) bond motifs is 1. The summed E-state index contributed by atoms with van der Waals surface area (Å²) < 4.78 is 5.59. The highest BCUT2D eigenvalue weighted by molar-refractivity contribution is 5.89. The predicted octanol–water partition coefficient (Wildman–Crippen LogP) is 1.97. The molecule has 2 aliphatic heterocycles. The summed E-state index contributed by atoms with van der Waals surface area (Å²) in [4.78, 5) is 61.8. The fraction of sp³-hybridized carbons (Fsp3) is 0.542. The number of alkyl carbamates (subject to hydrolysis) is 1. The van der Waals surface area contributed by atoms with Crippen molar-refractivity contribution in [3.05, 3.63) is 29.8 Å². The Morgan fingerprint density at radius 1 is 1.23 bits per heavy atom. The van der Waals surface area contributed by atoms with Crippen LogP contribution in [0.4, 0.5) is 15.3 Å². The largest absolute Gasteiger partial charge is 0.465 e. The van der Waals surface area contributed by atoms with Crippen molar-refractivity contribution < 1.29 is 33.8 Å². The van der Waals surface area contributed by atoms with Crippen molar-refractivity contribution in [3.63, 3.8) is 0 Å². The maximum absolute atomic E-state index is 12.9. The number of ether oxygens (including phenoxy) is 1. The van der Waals surface area contributed by atoms with Gasteiger partial charge in [0.25, 0.3) is 0 Å². The van der Waals surface area contributed by atoms with E-state index in [9.17, 15) is 29.1 Å². The first-order valence-corrected chi connectivity index (χ1v) is 11.8. The highest BCUT2D eigenvalue weighted by Gasteiger charge is 2.33. The Morgan fingerprint density at radius 2 is 1.97 bits per heavy atom. The molecule has 2 aliphatic rings. The number of carbonyl (C=O) groups excluding carboxylic acids is 4. The predicted molar refractivity (Wildman–Crippen MR) is 126 cm³/mol. The SMILES string of the molecule is CC(C)CC(NC(=O)OC1CCN(C(=O)O)c2ccccc21)C(=O)NC(C=O)C[C@@H]1CCNC1=O. The van der Waals surface area contributed by atoms with E-state index in [1.165, 1.54) is 4.90 Å². The summed E-state index contributed by atoms with van der Waals surface area (Å²) in [6.07, 6.45) is -0.602. The van der Waals surface area contributed by atoms with Crippen LogP contribution in [0.15, 0.2) is 24.3 Å². The Morgan fingerprint density at radius 3 is 2.60 bits per heavy atom. The van der Waals surface area contributed by atoms with Crippen LogP contribution < -0.4 is 20.9 Å². The van der Waals surface area contributed by atoms with Gasteiger partial charge in [0.15, 0.2) is 0 Å².